The minimum atomic E-state index is 0.237. The number of aliphatic hydroxyl groups is 1. The molecule has 7 nitrogen and oxygen atoms in total. The van der Waals surface area contributed by atoms with Crippen molar-refractivity contribution >= 4 is 33.3 Å². The monoisotopic (exact) mass is 528 g/mol. The number of thiazole rings is 1. The molecule has 2 aliphatic carbocycles. The number of hydrogen-bond acceptors (Lipinski definition) is 8. The van der Waals surface area contributed by atoms with E-state index in [4.69, 9.17) is 15.0 Å². The second-order valence-corrected chi connectivity index (χ2v) is 12.2. The third-order valence-electron chi connectivity index (χ3n) is 8.41. The van der Waals surface area contributed by atoms with Crippen molar-refractivity contribution in [3.8, 4) is 10.6 Å². The van der Waals surface area contributed by atoms with E-state index in [2.05, 4.69) is 52.9 Å². The maximum Gasteiger partial charge on any atom is 0.224 e. The highest BCUT2D eigenvalue weighted by Gasteiger charge is 2.33. The number of nitrogens with one attached hydrogen (secondary N) is 2. The molecule has 8 heteroatoms. The summed E-state index contributed by atoms with van der Waals surface area (Å²) in [5.74, 6) is 3.57. The van der Waals surface area contributed by atoms with Crippen LogP contribution < -0.4 is 10.6 Å². The summed E-state index contributed by atoms with van der Waals surface area (Å²) in [4.78, 5) is 19.3. The van der Waals surface area contributed by atoms with E-state index in [1.807, 2.05) is 26.1 Å². The van der Waals surface area contributed by atoms with Crippen molar-refractivity contribution in [1.29, 1.82) is 0 Å². The Morgan fingerprint density at radius 3 is 2.50 bits per heavy atom. The zero-order chi connectivity index (χ0) is 26.2. The average Bonchev–Trinajstić information content (AvgIpc) is 3.47. The van der Waals surface area contributed by atoms with E-state index in [1.54, 1.807) is 11.3 Å². The summed E-state index contributed by atoms with van der Waals surface area (Å²) in [5.41, 5.74) is 5.19. The molecule has 1 aromatic carbocycles. The number of fused-ring (bicyclic) bond motifs is 1. The molecule has 0 saturated heterocycles. The fraction of sp³-hybridized carbons (Fsp3) is 0.467. The summed E-state index contributed by atoms with van der Waals surface area (Å²) in [6.07, 6.45) is 6.19. The van der Waals surface area contributed by atoms with Gasteiger partial charge in [-0.2, -0.15) is 4.98 Å². The molecular weight excluding hydrogens is 492 g/mol. The summed E-state index contributed by atoms with van der Waals surface area (Å²) >= 11 is 1.66. The molecule has 38 heavy (non-hydrogen) atoms. The fourth-order valence-electron chi connectivity index (χ4n) is 6.14. The molecule has 2 aliphatic rings. The van der Waals surface area contributed by atoms with Crippen molar-refractivity contribution in [3.63, 3.8) is 0 Å². The van der Waals surface area contributed by atoms with Gasteiger partial charge in [-0.05, 0) is 74.8 Å². The predicted molar refractivity (Wildman–Crippen MR) is 155 cm³/mol. The van der Waals surface area contributed by atoms with Crippen LogP contribution in [0.5, 0.6) is 0 Å². The molecule has 0 spiro atoms. The number of pyridine rings is 1. The van der Waals surface area contributed by atoms with Gasteiger partial charge < -0.3 is 15.7 Å². The van der Waals surface area contributed by atoms with Crippen molar-refractivity contribution in [1.82, 2.24) is 19.9 Å². The maximum absolute atomic E-state index is 9.76. The van der Waals surface area contributed by atoms with E-state index in [9.17, 15) is 5.11 Å². The molecule has 3 heterocycles. The third-order valence-corrected chi connectivity index (χ3v) is 9.45. The summed E-state index contributed by atoms with van der Waals surface area (Å²) in [6, 6.07) is 13.1. The van der Waals surface area contributed by atoms with Crippen LogP contribution in [0.1, 0.15) is 55.5 Å². The van der Waals surface area contributed by atoms with Crippen LogP contribution in [0.15, 0.2) is 42.6 Å². The lowest BCUT2D eigenvalue weighted by atomic mass is 9.71. The van der Waals surface area contributed by atoms with Gasteiger partial charge in [0.1, 0.15) is 16.3 Å². The van der Waals surface area contributed by atoms with E-state index >= 15 is 0 Å². The molecule has 0 aliphatic heterocycles. The van der Waals surface area contributed by atoms with E-state index in [-0.39, 0.29) is 12.6 Å². The number of benzene rings is 1. The van der Waals surface area contributed by atoms with Gasteiger partial charge in [0.15, 0.2) is 0 Å². The molecule has 6 rings (SSSR count). The van der Waals surface area contributed by atoms with Crippen molar-refractivity contribution in [3.05, 3.63) is 59.5 Å². The van der Waals surface area contributed by atoms with E-state index in [1.165, 1.54) is 18.4 Å². The fourth-order valence-corrected chi connectivity index (χ4v) is 7.25. The number of aliphatic hydroxyl groups excluding tert-OH is 1. The lowest BCUT2D eigenvalue weighted by molar-refractivity contribution is 0.226. The van der Waals surface area contributed by atoms with E-state index in [0.29, 0.717) is 29.6 Å². The van der Waals surface area contributed by atoms with Crippen LogP contribution in [-0.2, 0) is 0 Å². The third kappa shape index (κ3) is 4.99. The van der Waals surface area contributed by atoms with Crippen LogP contribution in [0.25, 0.3) is 20.8 Å². The first-order valence-corrected chi connectivity index (χ1v) is 14.6. The Kier molecular flexibility index (Phi) is 7.01. The van der Waals surface area contributed by atoms with Gasteiger partial charge in [-0.25, -0.2) is 9.97 Å². The molecule has 0 radical (unpaired) electrons. The number of aromatic nitrogens is 4. The molecule has 2 saturated carbocycles. The maximum atomic E-state index is 9.76. The topological polar surface area (TPSA) is 95.9 Å². The number of rotatable bonds is 8. The Morgan fingerprint density at radius 1 is 0.947 bits per heavy atom. The summed E-state index contributed by atoms with van der Waals surface area (Å²) in [5, 5.41) is 18.0. The lowest BCUT2D eigenvalue weighted by Gasteiger charge is -2.35. The minimum absolute atomic E-state index is 0.237. The van der Waals surface area contributed by atoms with Crippen LogP contribution >= 0.6 is 11.3 Å². The SMILES string of the molecule is Cc1nc(NCC2CC(c3ccccc3)C2)nc(NC2CC(CO)CC2C)c1-c1nc2c(C)nccc2s1. The van der Waals surface area contributed by atoms with Crippen LogP contribution in [0.4, 0.5) is 11.8 Å². The summed E-state index contributed by atoms with van der Waals surface area (Å²) in [6.45, 7) is 7.42. The van der Waals surface area contributed by atoms with Gasteiger partial charge in [-0.3, -0.25) is 4.98 Å². The predicted octanol–water partition coefficient (Wildman–Crippen LogP) is 6.19. The first-order chi connectivity index (χ1) is 18.5. The zero-order valence-corrected chi connectivity index (χ0v) is 23.1. The molecule has 3 N–H and O–H groups in total. The van der Waals surface area contributed by atoms with Crippen LogP contribution in [-0.4, -0.2) is 44.2 Å². The van der Waals surface area contributed by atoms with Crippen LogP contribution in [0, 0.1) is 31.6 Å². The Hall–Kier alpha value is -3.10. The van der Waals surface area contributed by atoms with E-state index < -0.39 is 0 Å². The quantitative estimate of drug-likeness (QED) is 0.251. The van der Waals surface area contributed by atoms with Gasteiger partial charge in [-0.15, -0.1) is 11.3 Å². The molecule has 3 unspecified atom stereocenters. The molecule has 0 bridgehead atoms. The normalized spacial score (nSPS) is 24.9. The average molecular weight is 529 g/mol. The molecule has 4 aromatic rings. The van der Waals surface area contributed by atoms with Gasteiger partial charge >= 0.3 is 0 Å². The number of hydrogen-bond donors (Lipinski definition) is 3. The zero-order valence-electron chi connectivity index (χ0n) is 22.3. The van der Waals surface area contributed by atoms with Crippen molar-refractivity contribution < 1.29 is 5.11 Å². The van der Waals surface area contributed by atoms with Gasteiger partial charge in [0.2, 0.25) is 5.95 Å². The van der Waals surface area contributed by atoms with Crippen molar-refractivity contribution in [2.24, 2.45) is 17.8 Å². The van der Waals surface area contributed by atoms with E-state index in [0.717, 1.165) is 57.4 Å². The molecule has 3 atom stereocenters. The van der Waals surface area contributed by atoms with Crippen LogP contribution in [0.3, 0.4) is 0 Å². The van der Waals surface area contributed by atoms with Gasteiger partial charge in [-0.1, -0.05) is 37.3 Å². The second kappa shape index (κ2) is 10.6. The first kappa shape index (κ1) is 25.2. The molecule has 3 aromatic heterocycles. The summed E-state index contributed by atoms with van der Waals surface area (Å²) < 4.78 is 1.12. The molecule has 2 fully saturated rings. The molecule has 198 valence electrons. The lowest BCUT2D eigenvalue weighted by Crippen LogP contribution is -2.29. The summed E-state index contributed by atoms with van der Waals surface area (Å²) in [7, 11) is 0. The Labute approximate surface area is 228 Å². The second-order valence-electron chi connectivity index (χ2n) is 11.2. The van der Waals surface area contributed by atoms with Gasteiger partial charge in [0, 0.05) is 25.4 Å². The highest BCUT2D eigenvalue weighted by molar-refractivity contribution is 7.21. The molecular formula is C30H36N6OS. The highest BCUT2D eigenvalue weighted by Crippen LogP contribution is 2.42. The van der Waals surface area contributed by atoms with Crippen molar-refractivity contribution in [2.75, 3.05) is 23.8 Å². The Balaban J connectivity index is 1.25. The first-order valence-electron chi connectivity index (χ1n) is 13.8. The minimum Gasteiger partial charge on any atom is -0.396 e. The van der Waals surface area contributed by atoms with Gasteiger partial charge in [0.25, 0.3) is 0 Å². The largest absolute Gasteiger partial charge is 0.396 e. The smallest absolute Gasteiger partial charge is 0.224 e. The Bertz CT molecular complexity index is 1420. The van der Waals surface area contributed by atoms with Crippen molar-refractivity contribution in [2.45, 2.75) is 58.4 Å². The Morgan fingerprint density at radius 2 is 1.76 bits per heavy atom. The standard InChI is InChI=1S/C30H36N6OS/c1-17-11-21(16-37)14-24(17)34-28-26(29-35-27-19(3)31-10-9-25(27)38-29)18(2)33-30(36-28)32-15-20-12-23(13-20)22-7-5-4-6-8-22/h4-10,17,20-21,23-24,37H,11-16H2,1-3H3,(H2,32,33,34,36). The van der Waals surface area contributed by atoms with Crippen LogP contribution in [0.2, 0.25) is 0 Å². The van der Waals surface area contributed by atoms with Gasteiger partial charge in [0.05, 0.1) is 21.7 Å². The highest BCUT2D eigenvalue weighted by atomic mass is 32.1. The molecule has 0 amide bonds. The number of anilines is 2. The number of aryl methyl sites for hydroxylation is 2. The number of nitrogens with zero attached hydrogens (tertiary/aromatic N) is 4.